The van der Waals surface area contributed by atoms with E-state index in [2.05, 4.69) is 10.6 Å². The number of ether oxygens (including phenoxy) is 2. The Hall–Kier alpha value is -1.92. The van der Waals surface area contributed by atoms with E-state index in [0.29, 0.717) is 39.0 Å². The fourth-order valence-corrected chi connectivity index (χ4v) is 3.62. The average Bonchev–Trinajstić information content (AvgIpc) is 2.61. The molecule has 1 unspecified atom stereocenters. The van der Waals surface area contributed by atoms with E-state index >= 15 is 0 Å². The van der Waals surface area contributed by atoms with Crippen LogP contribution in [0.4, 0.5) is 4.79 Å². The number of halogens is 2. The van der Waals surface area contributed by atoms with Crippen molar-refractivity contribution in [2.75, 3.05) is 0 Å². The Labute approximate surface area is 181 Å². The number of unbranched alkanes of at least 4 members (excludes halogenated alkanes) is 1. The van der Waals surface area contributed by atoms with Crippen LogP contribution in [-0.4, -0.2) is 24.2 Å². The second kappa shape index (κ2) is 10.2. The van der Waals surface area contributed by atoms with Gasteiger partial charge in [0.1, 0.15) is 0 Å². The minimum atomic E-state index is -0.732. The molecule has 1 heterocycles. The molecule has 2 rings (SSSR count). The van der Waals surface area contributed by atoms with Gasteiger partial charge in [0.2, 0.25) is 0 Å². The quantitative estimate of drug-likeness (QED) is 0.518. The van der Waals surface area contributed by atoms with Crippen LogP contribution >= 0.6 is 23.2 Å². The van der Waals surface area contributed by atoms with Crippen molar-refractivity contribution in [3.8, 4) is 5.75 Å². The third kappa shape index (κ3) is 6.03. The number of allylic oxidation sites excluding steroid dienone is 1. The molecule has 0 radical (unpaired) electrons. The van der Waals surface area contributed by atoms with Crippen molar-refractivity contribution in [3.63, 3.8) is 0 Å². The fourth-order valence-electron chi connectivity index (χ4n) is 3.03. The predicted octanol–water partition coefficient (Wildman–Crippen LogP) is 5.53. The summed E-state index contributed by atoms with van der Waals surface area (Å²) in [6.45, 7) is 9.34. The second-order valence-corrected chi connectivity index (χ2v) is 8.28. The molecule has 1 atom stereocenters. The Kier molecular flexibility index (Phi) is 8.23. The molecule has 0 aromatic heterocycles. The van der Waals surface area contributed by atoms with E-state index in [1.807, 2.05) is 20.8 Å². The van der Waals surface area contributed by atoms with Gasteiger partial charge in [0.05, 0.1) is 33.9 Å². The number of amides is 2. The maximum Gasteiger partial charge on any atom is 0.338 e. The smallest absolute Gasteiger partial charge is 0.338 e. The summed E-state index contributed by atoms with van der Waals surface area (Å²) in [7, 11) is 0. The van der Waals surface area contributed by atoms with Gasteiger partial charge < -0.3 is 20.1 Å². The summed E-state index contributed by atoms with van der Waals surface area (Å²) in [6, 6.07) is 2.19. The van der Waals surface area contributed by atoms with Crippen molar-refractivity contribution in [2.24, 2.45) is 0 Å². The molecule has 0 saturated carbocycles. The molecule has 0 bridgehead atoms. The third-order valence-electron chi connectivity index (χ3n) is 4.20. The van der Waals surface area contributed by atoms with Crippen molar-refractivity contribution < 1.29 is 19.1 Å². The molecule has 2 N–H and O–H groups in total. The number of hydrogen-bond donors (Lipinski definition) is 2. The first-order valence-corrected chi connectivity index (χ1v) is 10.6. The van der Waals surface area contributed by atoms with Gasteiger partial charge in [0.25, 0.3) is 0 Å². The molecule has 0 saturated heterocycles. The van der Waals surface area contributed by atoms with Crippen LogP contribution in [0, 0.1) is 0 Å². The molecule has 8 heteroatoms. The molecule has 29 heavy (non-hydrogen) atoms. The first-order valence-electron chi connectivity index (χ1n) is 9.81. The van der Waals surface area contributed by atoms with Gasteiger partial charge in [-0.25, -0.2) is 9.59 Å². The minimum absolute atomic E-state index is 0.105. The summed E-state index contributed by atoms with van der Waals surface area (Å²) in [5.41, 5.74) is 1.49. The standard InChI is InChI=1S/C21H28Cl2N2O4/c1-6-7-8-16-17(20(26)29-12(4)5)18(25-21(27)24-16)13-9-14(22)19(15(23)10-13)28-11(2)3/h9-12,18H,6-8H2,1-5H3,(H2,24,25,27). The maximum absolute atomic E-state index is 12.9. The number of benzene rings is 1. The van der Waals surface area contributed by atoms with Crippen LogP contribution in [0.25, 0.3) is 0 Å². The molecular formula is C21H28Cl2N2O4. The zero-order valence-electron chi connectivity index (χ0n) is 17.4. The van der Waals surface area contributed by atoms with E-state index in [-0.39, 0.29) is 12.2 Å². The van der Waals surface area contributed by atoms with Gasteiger partial charge in [0.15, 0.2) is 5.75 Å². The van der Waals surface area contributed by atoms with Gasteiger partial charge in [-0.3, -0.25) is 0 Å². The van der Waals surface area contributed by atoms with E-state index in [9.17, 15) is 9.59 Å². The van der Waals surface area contributed by atoms with Crippen LogP contribution in [0.2, 0.25) is 10.0 Å². The fraction of sp³-hybridized carbons (Fsp3) is 0.524. The Morgan fingerprint density at radius 2 is 1.76 bits per heavy atom. The maximum atomic E-state index is 12.9. The van der Waals surface area contributed by atoms with Gasteiger partial charge in [-0.15, -0.1) is 0 Å². The summed E-state index contributed by atoms with van der Waals surface area (Å²) >= 11 is 12.8. The van der Waals surface area contributed by atoms with Crippen LogP contribution in [0.1, 0.15) is 65.5 Å². The first kappa shape index (κ1) is 23.4. The van der Waals surface area contributed by atoms with E-state index in [1.165, 1.54) is 0 Å². The highest BCUT2D eigenvalue weighted by Gasteiger charge is 2.34. The Morgan fingerprint density at radius 1 is 1.14 bits per heavy atom. The number of urea groups is 1. The van der Waals surface area contributed by atoms with Crippen molar-refractivity contribution in [1.29, 1.82) is 0 Å². The van der Waals surface area contributed by atoms with Gasteiger partial charge in [0, 0.05) is 5.70 Å². The molecule has 0 aliphatic carbocycles. The number of carbonyl (C=O) groups is 2. The highest BCUT2D eigenvalue weighted by Crippen LogP contribution is 2.39. The molecular weight excluding hydrogens is 415 g/mol. The molecule has 2 amide bonds. The Morgan fingerprint density at radius 3 is 2.28 bits per heavy atom. The first-order chi connectivity index (χ1) is 13.6. The van der Waals surface area contributed by atoms with Crippen LogP contribution in [-0.2, 0) is 9.53 Å². The predicted molar refractivity (Wildman–Crippen MR) is 114 cm³/mol. The van der Waals surface area contributed by atoms with E-state index in [4.69, 9.17) is 32.7 Å². The normalized spacial score (nSPS) is 16.7. The van der Waals surface area contributed by atoms with E-state index in [1.54, 1.807) is 26.0 Å². The molecule has 6 nitrogen and oxygen atoms in total. The topological polar surface area (TPSA) is 76.7 Å². The number of esters is 1. The molecule has 1 aromatic rings. The molecule has 160 valence electrons. The largest absolute Gasteiger partial charge is 0.488 e. The Bertz CT molecular complexity index is 783. The van der Waals surface area contributed by atoms with Crippen LogP contribution in [0.3, 0.4) is 0 Å². The average molecular weight is 443 g/mol. The summed E-state index contributed by atoms with van der Waals surface area (Å²) < 4.78 is 11.1. The number of carbonyl (C=O) groups excluding carboxylic acids is 2. The van der Waals surface area contributed by atoms with Crippen molar-refractivity contribution in [2.45, 2.75) is 72.1 Å². The summed E-state index contributed by atoms with van der Waals surface area (Å²) in [6.07, 6.45) is 1.90. The lowest BCUT2D eigenvalue weighted by Gasteiger charge is -2.30. The number of nitrogens with one attached hydrogen (secondary N) is 2. The van der Waals surface area contributed by atoms with Gasteiger partial charge in [-0.2, -0.15) is 0 Å². The Balaban J connectivity index is 2.54. The van der Waals surface area contributed by atoms with Crippen LogP contribution in [0.15, 0.2) is 23.4 Å². The third-order valence-corrected chi connectivity index (χ3v) is 4.77. The second-order valence-electron chi connectivity index (χ2n) is 7.46. The van der Waals surface area contributed by atoms with Gasteiger partial charge in [-0.05, 0) is 58.2 Å². The monoisotopic (exact) mass is 442 g/mol. The highest BCUT2D eigenvalue weighted by atomic mass is 35.5. The lowest BCUT2D eigenvalue weighted by atomic mass is 9.93. The molecule has 1 aliphatic rings. The van der Waals surface area contributed by atoms with E-state index < -0.39 is 18.0 Å². The van der Waals surface area contributed by atoms with E-state index in [0.717, 1.165) is 12.8 Å². The lowest BCUT2D eigenvalue weighted by Crippen LogP contribution is -2.46. The molecule has 1 aliphatic heterocycles. The highest BCUT2D eigenvalue weighted by molar-refractivity contribution is 6.37. The number of rotatable bonds is 8. The molecule has 0 fully saturated rings. The van der Waals surface area contributed by atoms with Crippen LogP contribution < -0.4 is 15.4 Å². The summed E-state index contributed by atoms with van der Waals surface area (Å²) in [5.74, 6) is -0.118. The molecule has 1 aromatic carbocycles. The lowest BCUT2D eigenvalue weighted by molar-refractivity contribution is -0.143. The van der Waals surface area contributed by atoms with Gasteiger partial charge in [-0.1, -0.05) is 36.5 Å². The zero-order valence-corrected chi connectivity index (χ0v) is 18.9. The minimum Gasteiger partial charge on any atom is -0.488 e. The van der Waals surface area contributed by atoms with Crippen molar-refractivity contribution in [1.82, 2.24) is 10.6 Å². The number of hydrogen-bond acceptors (Lipinski definition) is 4. The van der Waals surface area contributed by atoms with Crippen molar-refractivity contribution in [3.05, 3.63) is 39.0 Å². The summed E-state index contributed by atoms with van der Waals surface area (Å²) in [5, 5.41) is 6.16. The van der Waals surface area contributed by atoms with Crippen LogP contribution in [0.5, 0.6) is 5.75 Å². The van der Waals surface area contributed by atoms with Gasteiger partial charge >= 0.3 is 12.0 Å². The SMILES string of the molecule is CCCCC1=C(C(=O)OC(C)C)C(c2cc(Cl)c(OC(C)C)c(Cl)c2)NC(=O)N1. The zero-order chi connectivity index (χ0) is 21.7. The summed E-state index contributed by atoms with van der Waals surface area (Å²) in [4.78, 5) is 25.2. The van der Waals surface area contributed by atoms with Crippen molar-refractivity contribution >= 4 is 35.2 Å². The molecule has 0 spiro atoms.